The highest BCUT2D eigenvalue weighted by atomic mass is 79.9. The van der Waals surface area contributed by atoms with E-state index in [9.17, 15) is 0 Å². The second-order valence-electron chi connectivity index (χ2n) is 2.52. The average molecular weight is 322 g/mol. The summed E-state index contributed by atoms with van der Waals surface area (Å²) < 4.78 is 7.19. The zero-order valence-electron chi connectivity index (χ0n) is 7.63. The predicted molar refractivity (Wildman–Crippen MR) is 64.8 cm³/mol. The standard InChI is InChI=1S/C9H10Br2N2O/c1-2-14-9-7(10)3-6(5-13-12)4-8(9)11/h3-5H,2,12H2,1H3/b13-5-. The molecule has 0 aromatic heterocycles. The van der Waals surface area contributed by atoms with E-state index in [1.807, 2.05) is 19.1 Å². The molecule has 0 atom stereocenters. The lowest BCUT2D eigenvalue weighted by molar-refractivity contribution is 0.336. The van der Waals surface area contributed by atoms with Gasteiger partial charge in [-0.2, -0.15) is 5.10 Å². The number of hydrogen-bond acceptors (Lipinski definition) is 3. The molecule has 0 fully saturated rings. The fourth-order valence-electron chi connectivity index (χ4n) is 1.02. The van der Waals surface area contributed by atoms with Gasteiger partial charge in [0.25, 0.3) is 0 Å². The highest BCUT2D eigenvalue weighted by Gasteiger charge is 2.07. The van der Waals surface area contributed by atoms with E-state index in [1.54, 1.807) is 6.21 Å². The van der Waals surface area contributed by atoms with Crippen molar-refractivity contribution in [1.29, 1.82) is 0 Å². The Bertz CT molecular complexity index is 330. The van der Waals surface area contributed by atoms with E-state index in [-0.39, 0.29) is 0 Å². The van der Waals surface area contributed by atoms with Crippen LogP contribution in [0.4, 0.5) is 0 Å². The quantitative estimate of drug-likeness (QED) is 0.528. The van der Waals surface area contributed by atoms with E-state index in [2.05, 4.69) is 37.0 Å². The van der Waals surface area contributed by atoms with Crippen LogP contribution < -0.4 is 10.6 Å². The molecule has 0 aliphatic rings. The molecule has 0 amide bonds. The first-order valence-corrected chi connectivity index (χ1v) is 5.62. The normalized spacial score (nSPS) is 10.8. The van der Waals surface area contributed by atoms with E-state index >= 15 is 0 Å². The number of nitrogens with zero attached hydrogens (tertiary/aromatic N) is 1. The summed E-state index contributed by atoms with van der Waals surface area (Å²) in [6.45, 7) is 2.57. The van der Waals surface area contributed by atoms with Crippen molar-refractivity contribution in [1.82, 2.24) is 0 Å². The number of hydrazone groups is 1. The maximum absolute atomic E-state index is 5.43. The monoisotopic (exact) mass is 320 g/mol. The highest BCUT2D eigenvalue weighted by molar-refractivity contribution is 9.11. The molecule has 5 heteroatoms. The first kappa shape index (κ1) is 11.5. The lowest BCUT2D eigenvalue weighted by Crippen LogP contribution is -1.95. The first-order valence-electron chi connectivity index (χ1n) is 4.04. The van der Waals surface area contributed by atoms with Gasteiger partial charge in [-0.3, -0.25) is 0 Å². The molecule has 14 heavy (non-hydrogen) atoms. The van der Waals surface area contributed by atoms with Crippen LogP contribution in [0.3, 0.4) is 0 Å². The van der Waals surface area contributed by atoms with Gasteiger partial charge in [0.2, 0.25) is 0 Å². The summed E-state index contributed by atoms with van der Waals surface area (Å²) >= 11 is 6.82. The Morgan fingerprint density at radius 1 is 1.43 bits per heavy atom. The fraction of sp³-hybridized carbons (Fsp3) is 0.222. The van der Waals surface area contributed by atoms with Gasteiger partial charge in [-0.1, -0.05) is 0 Å². The molecule has 1 aromatic rings. The number of hydrogen-bond donors (Lipinski definition) is 1. The van der Waals surface area contributed by atoms with Gasteiger partial charge in [-0.05, 0) is 56.5 Å². The molecular formula is C9H10Br2N2O. The lowest BCUT2D eigenvalue weighted by Gasteiger charge is -2.08. The number of nitrogens with two attached hydrogens (primary N) is 1. The molecule has 0 saturated heterocycles. The van der Waals surface area contributed by atoms with Crippen LogP contribution in [0.1, 0.15) is 12.5 Å². The number of halogens is 2. The Morgan fingerprint density at radius 2 is 2.00 bits per heavy atom. The molecule has 3 nitrogen and oxygen atoms in total. The molecule has 1 aromatic carbocycles. The van der Waals surface area contributed by atoms with Gasteiger partial charge >= 0.3 is 0 Å². The molecule has 0 aliphatic carbocycles. The number of rotatable bonds is 3. The van der Waals surface area contributed by atoms with Crippen LogP contribution in [0, 0.1) is 0 Å². The topological polar surface area (TPSA) is 47.6 Å². The van der Waals surface area contributed by atoms with E-state index in [0.29, 0.717) is 6.61 Å². The van der Waals surface area contributed by atoms with E-state index in [0.717, 1.165) is 20.3 Å². The number of ether oxygens (including phenoxy) is 1. The Labute approximate surface area is 99.6 Å². The summed E-state index contributed by atoms with van der Waals surface area (Å²) in [6.07, 6.45) is 1.57. The Morgan fingerprint density at radius 3 is 2.43 bits per heavy atom. The maximum Gasteiger partial charge on any atom is 0.147 e. The Kier molecular flexibility index (Phi) is 4.41. The SMILES string of the molecule is CCOc1c(Br)cc(/C=N\N)cc1Br. The Hall–Kier alpha value is -0.550. The van der Waals surface area contributed by atoms with Gasteiger partial charge in [-0.25, -0.2) is 0 Å². The molecule has 1 rings (SSSR count). The number of benzene rings is 1. The van der Waals surface area contributed by atoms with E-state index in [1.165, 1.54) is 0 Å². The zero-order valence-corrected chi connectivity index (χ0v) is 10.8. The van der Waals surface area contributed by atoms with Crippen LogP contribution in [0.15, 0.2) is 26.2 Å². The summed E-state index contributed by atoms with van der Waals surface area (Å²) in [5, 5.41) is 3.46. The van der Waals surface area contributed by atoms with Crippen LogP contribution in [0.2, 0.25) is 0 Å². The third-order valence-electron chi connectivity index (χ3n) is 1.53. The molecular weight excluding hydrogens is 312 g/mol. The van der Waals surface area contributed by atoms with Crippen molar-refractivity contribution >= 4 is 38.1 Å². The molecule has 0 aliphatic heterocycles. The van der Waals surface area contributed by atoms with Crippen LogP contribution in [-0.4, -0.2) is 12.8 Å². The minimum Gasteiger partial charge on any atom is -0.492 e. The summed E-state index contributed by atoms with van der Waals surface area (Å²) in [5.41, 5.74) is 0.912. The van der Waals surface area contributed by atoms with Crippen LogP contribution in [0.25, 0.3) is 0 Å². The Balaban J connectivity index is 3.11. The van der Waals surface area contributed by atoms with E-state index in [4.69, 9.17) is 10.6 Å². The molecule has 0 heterocycles. The van der Waals surface area contributed by atoms with Crippen molar-refractivity contribution in [2.75, 3.05) is 6.61 Å². The van der Waals surface area contributed by atoms with Crippen molar-refractivity contribution < 1.29 is 4.74 Å². The summed E-state index contributed by atoms with van der Waals surface area (Å²) in [6, 6.07) is 3.79. The second kappa shape index (κ2) is 5.36. The second-order valence-corrected chi connectivity index (χ2v) is 4.23. The van der Waals surface area contributed by atoms with Gasteiger partial charge in [-0.15, -0.1) is 0 Å². The molecule has 0 bridgehead atoms. The highest BCUT2D eigenvalue weighted by Crippen LogP contribution is 2.34. The van der Waals surface area contributed by atoms with Crippen molar-refractivity contribution in [3.8, 4) is 5.75 Å². The first-order chi connectivity index (χ1) is 6.69. The maximum atomic E-state index is 5.43. The third kappa shape index (κ3) is 2.72. The third-order valence-corrected chi connectivity index (χ3v) is 2.71. The van der Waals surface area contributed by atoms with Crippen molar-refractivity contribution in [3.05, 3.63) is 26.6 Å². The smallest absolute Gasteiger partial charge is 0.147 e. The van der Waals surface area contributed by atoms with E-state index < -0.39 is 0 Å². The average Bonchev–Trinajstić information content (AvgIpc) is 2.12. The van der Waals surface area contributed by atoms with Crippen molar-refractivity contribution in [2.24, 2.45) is 10.9 Å². The van der Waals surface area contributed by atoms with Crippen LogP contribution in [0.5, 0.6) is 5.75 Å². The summed E-state index contributed by atoms with van der Waals surface area (Å²) in [5.74, 6) is 5.86. The van der Waals surface area contributed by atoms with Crippen LogP contribution in [-0.2, 0) is 0 Å². The molecule has 0 radical (unpaired) electrons. The molecule has 0 saturated carbocycles. The lowest BCUT2D eigenvalue weighted by atomic mass is 10.2. The minimum absolute atomic E-state index is 0.627. The van der Waals surface area contributed by atoms with Crippen molar-refractivity contribution in [2.45, 2.75) is 6.92 Å². The minimum atomic E-state index is 0.627. The van der Waals surface area contributed by atoms with Crippen molar-refractivity contribution in [3.63, 3.8) is 0 Å². The fourth-order valence-corrected chi connectivity index (χ4v) is 2.47. The van der Waals surface area contributed by atoms with Gasteiger partial charge in [0.05, 0.1) is 21.8 Å². The van der Waals surface area contributed by atoms with Gasteiger partial charge in [0, 0.05) is 0 Å². The van der Waals surface area contributed by atoms with Gasteiger partial charge in [0.1, 0.15) is 5.75 Å². The predicted octanol–water partition coefficient (Wildman–Crippen LogP) is 2.90. The summed E-state index contributed by atoms with van der Waals surface area (Å²) in [7, 11) is 0. The van der Waals surface area contributed by atoms with Gasteiger partial charge in [0.15, 0.2) is 0 Å². The summed E-state index contributed by atoms with van der Waals surface area (Å²) in [4.78, 5) is 0. The molecule has 2 N–H and O–H groups in total. The zero-order chi connectivity index (χ0) is 10.6. The largest absolute Gasteiger partial charge is 0.492 e. The molecule has 0 spiro atoms. The van der Waals surface area contributed by atoms with Crippen LogP contribution >= 0.6 is 31.9 Å². The molecule has 76 valence electrons. The molecule has 0 unspecified atom stereocenters. The van der Waals surface area contributed by atoms with Gasteiger partial charge < -0.3 is 10.6 Å².